The van der Waals surface area contributed by atoms with Gasteiger partial charge in [0.1, 0.15) is 11.5 Å². The summed E-state index contributed by atoms with van der Waals surface area (Å²) in [5, 5.41) is 15.2. The number of aromatic hydroxyl groups is 1. The van der Waals surface area contributed by atoms with Gasteiger partial charge < -0.3 is 20.5 Å². The number of benzene rings is 2. The van der Waals surface area contributed by atoms with Gasteiger partial charge in [0.15, 0.2) is 6.23 Å². The zero-order valence-electron chi connectivity index (χ0n) is 12.3. The first-order chi connectivity index (χ1) is 10.5. The molecule has 0 heterocycles. The van der Waals surface area contributed by atoms with Crippen LogP contribution in [0.25, 0.3) is 0 Å². The topological polar surface area (TPSA) is 70.6 Å². The number of amides is 2. The molecule has 2 aromatic carbocycles. The van der Waals surface area contributed by atoms with Crippen molar-refractivity contribution < 1.29 is 14.6 Å². The lowest BCUT2D eigenvalue weighted by atomic mass is 10.2. The summed E-state index contributed by atoms with van der Waals surface area (Å²) in [6.07, 6.45) is -0.538. The number of nitrogens with one attached hydrogen (secondary N) is 2. The predicted octanol–water partition coefficient (Wildman–Crippen LogP) is 3.90. The fraction of sp³-hybridized carbons (Fsp3) is 0.188. The van der Waals surface area contributed by atoms with Crippen LogP contribution in [0.1, 0.15) is 12.5 Å². The van der Waals surface area contributed by atoms with Gasteiger partial charge in [0.05, 0.1) is 0 Å². The second-order valence-corrected chi connectivity index (χ2v) is 5.17. The van der Waals surface area contributed by atoms with Crippen LogP contribution in [0.5, 0.6) is 11.5 Å². The Balaban J connectivity index is 1.91. The second-order valence-electron chi connectivity index (χ2n) is 4.76. The molecule has 6 heteroatoms. The quantitative estimate of drug-likeness (QED) is 0.748. The van der Waals surface area contributed by atoms with E-state index < -0.39 is 12.3 Å². The van der Waals surface area contributed by atoms with E-state index >= 15 is 0 Å². The molecule has 0 saturated carbocycles. The Labute approximate surface area is 133 Å². The lowest BCUT2D eigenvalue weighted by Gasteiger charge is -2.17. The molecule has 22 heavy (non-hydrogen) atoms. The first-order valence-corrected chi connectivity index (χ1v) is 7.12. The lowest BCUT2D eigenvalue weighted by Crippen LogP contribution is -2.39. The molecule has 2 amide bonds. The number of urea groups is 1. The van der Waals surface area contributed by atoms with Gasteiger partial charge in [0, 0.05) is 10.7 Å². The molecule has 0 saturated heterocycles. The number of rotatable bonds is 4. The van der Waals surface area contributed by atoms with Crippen molar-refractivity contribution >= 4 is 23.3 Å². The normalized spacial score (nSPS) is 11.6. The van der Waals surface area contributed by atoms with Gasteiger partial charge in [-0.1, -0.05) is 17.7 Å². The minimum absolute atomic E-state index is 0.155. The number of anilines is 1. The zero-order chi connectivity index (χ0) is 16.1. The van der Waals surface area contributed by atoms with Crippen molar-refractivity contribution in [2.24, 2.45) is 0 Å². The van der Waals surface area contributed by atoms with E-state index in [9.17, 15) is 9.90 Å². The van der Waals surface area contributed by atoms with Crippen molar-refractivity contribution in [2.75, 3.05) is 5.32 Å². The summed E-state index contributed by atoms with van der Waals surface area (Å²) in [6, 6.07) is 11.2. The number of halogens is 1. The molecule has 116 valence electrons. The second kappa shape index (κ2) is 7.04. The van der Waals surface area contributed by atoms with E-state index in [4.69, 9.17) is 16.3 Å². The maximum atomic E-state index is 11.9. The van der Waals surface area contributed by atoms with Crippen molar-refractivity contribution in [3.63, 3.8) is 0 Å². The largest absolute Gasteiger partial charge is 0.508 e. The van der Waals surface area contributed by atoms with Crippen molar-refractivity contribution in [1.29, 1.82) is 0 Å². The molecule has 0 aliphatic rings. The summed E-state index contributed by atoms with van der Waals surface area (Å²) in [6.45, 7) is 3.53. The average molecular weight is 321 g/mol. The average Bonchev–Trinajstić information content (AvgIpc) is 2.46. The highest BCUT2D eigenvalue weighted by Crippen LogP contribution is 2.22. The van der Waals surface area contributed by atoms with Gasteiger partial charge in [-0.05, 0) is 55.8 Å². The smallest absolute Gasteiger partial charge is 0.322 e. The molecule has 0 aliphatic carbocycles. The molecule has 2 aromatic rings. The van der Waals surface area contributed by atoms with Crippen LogP contribution in [0.15, 0.2) is 42.5 Å². The number of ether oxygens (including phenoxy) is 1. The van der Waals surface area contributed by atoms with Gasteiger partial charge in [-0.15, -0.1) is 0 Å². The molecule has 1 atom stereocenters. The van der Waals surface area contributed by atoms with Crippen molar-refractivity contribution in [3.05, 3.63) is 53.1 Å². The molecular weight excluding hydrogens is 304 g/mol. The van der Waals surface area contributed by atoms with Gasteiger partial charge in [0.25, 0.3) is 0 Å². The molecule has 0 aliphatic heterocycles. The molecule has 0 bridgehead atoms. The van der Waals surface area contributed by atoms with Crippen LogP contribution in [-0.2, 0) is 0 Å². The Hall–Kier alpha value is -2.40. The molecule has 0 fully saturated rings. The monoisotopic (exact) mass is 320 g/mol. The summed E-state index contributed by atoms with van der Waals surface area (Å²) in [5.41, 5.74) is 1.44. The Bertz CT molecular complexity index is 659. The van der Waals surface area contributed by atoms with E-state index in [0.29, 0.717) is 16.5 Å². The zero-order valence-corrected chi connectivity index (χ0v) is 13.0. The third-order valence-corrected chi connectivity index (χ3v) is 3.41. The van der Waals surface area contributed by atoms with Gasteiger partial charge in [-0.3, -0.25) is 0 Å². The van der Waals surface area contributed by atoms with E-state index in [1.165, 1.54) is 12.1 Å². The van der Waals surface area contributed by atoms with Crippen LogP contribution in [0.3, 0.4) is 0 Å². The van der Waals surface area contributed by atoms with Crippen LogP contribution in [0.2, 0.25) is 5.02 Å². The van der Waals surface area contributed by atoms with E-state index in [2.05, 4.69) is 10.6 Å². The first kappa shape index (κ1) is 16.0. The van der Waals surface area contributed by atoms with Crippen LogP contribution in [0, 0.1) is 6.92 Å². The number of phenolic OH excluding ortho intramolecular Hbond substituents is 1. The van der Waals surface area contributed by atoms with Crippen LogP contribution in [-0.4, -0.2) is 17.4 Å². The molecule has 0 aromatic heterocycles. The number of carbonyl (C=O) groups excluding carboxylic acids is 1. The fourth-order valence-electron chi connectivity index (χ4n) is 1.84. The van der Waals surface area contributed by atoms with Gasteiger partial charge in [0.2, 0.25) is 0 Å². The van der Waals surface area contributed by atoms with Crippen LogP contribution >= 0.6 is 11.6 Å². The minimum atomic E-state index is -0.538. The predicted molar refractivity (Wildman–Crippen MR) is 86.5 cm³/mol. The Kier molecular flexibility index (Phi) is 5.12. The van der Waals surface area contributed by atoms with E-state index in [1.807, 2.05) is 6.92 Å². The highest BCUT2D eigenvalue weighted by atomic mass is 35.5. The van der Waals surface area contributed by atoms with Gasteiger partial charge in [-0.25, -0.2) is 4.79 Å². The molecular formula is C16H17ClN2O3. The maximum absolute atomic E-state index is 11.9. The molecule has 1 unspecified atom stereocenters. The maximum Gasteiger partial charge on any atom is 0.322 e. The van der Waals surface area contributed by atoms with Gasteiger partial charge in [-0.2, -0.15) is 0 Å². The molecule has 2 rings (SSSR count). The first-order valence-electron chi connectivity index (χ1n) is 6.74. The highest BCUT2D eigenvalue weighted by molar-refractivity contribution is 6.31. The standard InChI is InChI=1S/C16H17ClN2O3/c1-10-14(17)4-3-5-15(10)19-16(21)18-11(2)22-13-8-6-12(20)7-9-13/h3-9,11,20H,1-2H3,(H2,18,19,21). The number of phenols is 1. The van der Waals surface area contributed by atoms with E-state index in [1.54, 1.807) is 37.3 Å². The highest BCUT2D eigenvalue weighted by Gasteiger charge is 2.10. The number of hydrogen-bond acceptors (Lipinski definition) is 3. The Morgan fingerprint density at radius 2 is 1.91 bits per heavy atom. The number of hydrogen-bond donors (Lipinski definition) is 3. The summed E-state index contributed by atoms with van der Waals surface area (Å²) >= 11 is 6.01. The third-order valence-electron chi connectivity index (χ3n) is 3.00. The van der Waals surface area contributed by atoms with Crippen molar-refractivity contribution in [2.45, 2.75) is 20.1 Å². The SMILES string of the molecule is Cc1c(Cl)cccc1NC(=O)NC(C)Oc1ccc(O)cc1. The van der Waals surface area contributed by atoms with Crippen LogP contribution < -0.4 is 15.4 Å². The molecule has 3 N–H and O–H groups in total. The molecule has 5 nitrogen and oxygen atoms in total. The summed E-state index contributed by atoms with van der Waals surface area (Å²) < 4.78 is 5.52. The minimum Gasteiger partial charge on any atom is -0.508 e. The van der Waals surface area contributed by atoms with Crippen molar-refractivity contribution in [1.82, 2.24) is 5.32 Å². The third kappa shape index (κ3) is 4.30. The number of carbonyl (C=O) groups is 1. The Morgan fingerprint density at radius 1 is 1.23 bits per heavy atom. The van der Waals surface area contributed by atoms with Crippen LogP contribution in [0.4, 0.5) is 10.5 Å². The van der Waals surface area contributed by atoms with Crippen molar-refractivity contribution in [3.8, 4) is 11.5 Å². The Morgan fingerprint density at radius 3 is 2.59 bits per heavy atom. The van der Waals surface area contributed by atoms with E-state index in [0.717, 1.165) is 5.56 Å². The van der Waals surface area contributed by atoms with Gasteiger partial charge >= 0.3 is 6.03 Å². The summed E-state index contributed by atoms with van der Waals surface area (Å²) in [4.78, 5) is 11.9. The van der Waals surface area contributed by atoms with E-state index in [-0.39, 0.29) is 5.75 Å². The molecule has 0 spiro atoms. The lowest BCUT2D eigenvalue weighted by molar-refractivity contribution is 0.183. The summed E-state index contributed by atoms with van der Waals surface area (Å²) in [7, 11) is 0. The fourth-order valence-corrected chi connectivity index (χ4v) is 2.02. The summed E-state index contributed by atoms with van der Waals surface area (Å²) in [5.74, 6) is 0.701. The molecule has 0 radical (unpaired) electrons.